The van der Waals surface area contributed by atoms with Crippen LogP contribution >= 0.6 is 0 Å². The molecule has 0 spiro atoms. The van der Waals surface area contributed by atoms with Gasteiger partial charge in [-0.25, -0.2) is 0 Å². The molecule has 2 aliphatic heterocycles. The quantitative estimate of drug-likeness (QED) is 0.838. The molecule has 0 aliphatic carbocycles. The average Bonchev–Trinajstić information content (AvgIpc) is 3.27. The summed E-state index contributed by atoms with van der Waals surface area (Å²) in [5.41, 5.74) is 1.78. The highest BCUT2D eigenvalue weighted by atomic mass is 16.5. The van der Waals surface area contributed by atoms with Crippen molar-refractivity contribution in [3.63, 3.8) is 0 Å². The van der Waals surface area contributed by atoms with Gasteiger partial charge in [0.05, 0.1) is 13.2 Å². The molecule has 3 heterocycles. The molecule has 1 aromatic carbocycles. The van der Waals surface area contributed by atoms with Gasteiger partial charge in [-0.2, -0.15) is 0 Å². The summed E-state index contributed by atoms with van der Waals surface area (Å²) >= 11 is 0. The Morgan fingerprint density at radius 3 is 2.73 bits per heavy atom. The fourth-order valence-corrected chi connectivity index (χ4v) is 4.06. The fraction of sp³-hybridized carbons (Fsp3) is 0.550. The van der Waals surface area contributed by atoms with Gasteiger partial charge in [0, 0.05) is 49.7 Å². The molecule has 140 valence electrons. The third kappa shape index (κ3) is 3.37. The molecule has 0 radical (unpaired) electrons. The minimum Gasteiger partial charge on any atom is -0.451 e. The van der Waals surface area contributed by atoms with E-state index in [1.807, 2.05) is 43.3 Å². The van der Waals surface area contributed by atoms with Crippen molar-refractivity contribution in [1.82, 2.24) is 14.7 Å². The number of hydrogen-bond acceptors (Lipinski definition) is 5. The molecule has 1 amide bonds. The van der Waals surface area contributed by atoms with Crippen LogP contribution in [-0.4, -0.2) is 80.1 Å². The van der Waals surface area contributed by atoms with Gasteiger partial charge < -0.3 is 19.0 Å². The van der Waals surface area contributed by atoms with Crippen molar-refractivity contribution in [3.8, 4) is 0 Å². The number of morpholine rings is 1. The molecule has 6 nitrogen and oxygen atoms in total. The first-order valence-electron chi connectivity index (χ1n) is 9.39. The summed E-state index contributed by atoms with van der Waals surface area (Å²) in [6.45, 7) is 5.77. The van der Waals surface area contributed by atoms with Crippen molar-refractivity contribution in [2.75, 3.05) is 53.5 Å². The van der Waals surface area contributed by atoms with Gasteiger partial charge in [0.15, 0.2) is 5.76 Å². The molecule has 2 aromatic rings. The number of nitrogens with zero attached hydrogens (tertiary/aromatic N) is 3. The van der Waals surface area contributed by atoms with E-state index in [1.54, 1.807) is 0 Å². The van der Waals surface area contributed by atoms with Crippen LogP contribution in [-0.2, 0) is 11.3 Å². The van der Waals surface area contributed by atoms with E-state index in [0.29, 0.717) is 18.3 Å². The van der Waals surface area contributed by atoms with Gasteiger partial charge in [0.2, 0.25) is 0 Å². The molecule has 0 saturated carbocycles. The van der Waals surface area contributed by atoms with Crippen LogP contribution in [0.5, 0.6) is 0 Å². The van der Waals surface area contributed by atoms with E-state index in [2.05, 4.69) is 9.80 Å². The van der Waals surface area contributed by atoms with Crippen LogP contribution in [0, 0.1) is 0 Å². The zero-order valence-corrected chi connectivity index (χ0v) is 15.6. The number of fused-ring (bicyclic) bond motifs is 1. The number of furan rings is 1. The normalized spacial score (nSPS) is 21.8. The van der Waals surface area contributed by atoms with Crippen LogP contribution < -0.4 is 0 Å². The number of para-hydroxylation sites is 1. The highest BCUT2D eigenvalue weighted by molar-refractivity contribution is 5.99. The smallest absolute Gasteiger partial charge is 0.290 e. The molecule has 2 saturated heterocycles. The van der Waals surface area contributed by atoms with Gasteiger partial charge in [0.1, 0.15) is 5.58 Å². The van der Waals surface area contributed by atoms with Gasteiger partial charge in [-0.15, -0.1) is 0 Å². The molecular weight excluding hydrogens is 330 g/mol. The summed E-state index contributed by atoms with van der Waals surface area (Å²) in [4.78, 5) is 19.7. The maximum atomic E-state index is 13.2. The van der Waals surface area contributed by atoms with Gasteiger partial charge in [0.25, 0.3) is 5.91 Å². The summed E-state index contributed by atoms with van der Waals surface area (Å²) in [5.74, 6) is 0.524. The Balaban J connectivity index is 1.56. The third-order valence-corrected chi connectivity index (χ3v) is 5.38. The first kappa shape index (κ1) is 17.5. The van der Waals surface area contributed by atoms with Gasteiger partial charge in [-0.3, -0.25) is 9.69 Å². The summed E-state index contributed by atoms with van der Waals surface area (Å²) in [6.07, 6.45) is 1.02. The predicted molar refractivity (Wildman–Crippen MR) is 100 cm³/mol. The summed E-state index contributed by atoms with van der Waals surface area (Å²) in [5, 5.41) is 1.04. The maximum absolute atomic E-state index is 13.2. The minimum atomic E-state index is 0.0220. The van der Waals surface area contributed by atoms with Crippen molar-refractivity contribution in [2.24, 2.45) is 0 Å². The lowest BCUT2D eigenvalue weighted by Crippen LogP contribution is -2.45. The highest BCUT2D eigenvalue weighted by Gasteiger charge is 2.34. The van der Waals surface area contributed by atoms with Gasteiger partial charge in [-0.05, 0) is 26.6 Å². The van der Waals surface area contributed by atoms with Crippen molar-refractivity contribution in [2.45, 2.75) is 19.0 Å². The number of carbonyl (C=O) groups is 1. The molecule has 2 fully saturated rings. The first-order chi connectivity index (χ1) is 12.6. The lowest BCUT2D eigenvalue weighted by atomic mass is 10.1. The zero-order valence-electron chi connectivity index (χ0n) is 15.6. The summed E-state index contributed by atoms with van der Waals surface area (Å²) in [6, 6.07) is 8.35. The van der Waals surface area contributed by atoms with Crippen LogP contribution in [0.15, 0.2) is 28.7 Å². The van der Waals surface area contributed by atoms with E-state index in [0.717, 1.165) is 62.3 Å². The predicted octanol–water partition coefficient (Wildman–Crippen LogP) is 2.04. The van der Waals surface area contributed by atoms with Crippen LogP contribution in [0.2, 0.25) is 0 Å². The van der Waals surface area contributed by atoms with Crippen molar-refractivity contribution in [3.05, 3.63) is 35.6 Å². The van der Waals surface area contributed by atoms with Crippen LogP contribution in [0.1, 0.15) is 22.5 Å². The topological polar surface area (TPSA) is 49.2 Å². The Morgan fingerprint density at radius 1 is 1.19 bits per heavy atom. The molecule has 6 heteroatoms. The van der Waals surface area contributed by atoms with Crippen molar-refractivity contribution in [1.29, 1.82) is 0 Å². The number of likely N-dealkylation sites (tertiary alicyclic amines) is 1. The van der Waals surface area contributed by atoms with Crippen molar-refractivity contribution < 1.29 is 13.9 Å². The molecule has 0 bridgehead atoms. The van der Waals surface area contributed by atoms with E-state index in [-0.39, 0.29) is 5.91 Å². The van der Waals surface area contributed by atoms with Crippen LogP contribution in [0.3, 0.4) is 0 Å². The zero-order chi connectivity index (χ0) is 18.1. The minimum absolute atomic E-state index is 0.0220. The maximum Gasteiger partial charge on any atom is 0.290 e. The highest BCUT2D eigenvalue weighted by Crippen LogP contribution is 2.29. The second-order valence-corrected chi connectivity index (χ2v) is 7.49. The largest absolute Gasteiger partial charge is 0.451 e. The number of carbonyl (C=O) groups excluding carboxylic acids is 1. The second kappa shape index (κ2) is 7.39. The Morgan fingerprint density at radius 2 is 1.96 bits per heavy atom. The number of rotatable bonds is 4. The van der Waals surface area contributed by atoms with Crippen LogP contribution in [0.4, 0.5) is 0 Å². The molecule has 1 atom stereocenters. The Labute approximate surface area is 154 Å². The first-order valence-corrected chi connectivity index (χ1v) is 9.39. The number of benzene rings is 1. The van der Waals surface area contributed by atoms with Gasteiger partial charge in [-0.1, -0.05) is 18.2 Å². The molecule has 0 N–H and O–H groups in total. The van der Waals surface area contributed by atoms with Gasteiger partial charge >= 0.3 is 0 Å². The lowest BCUT2D eigenvalue weighted by Gasteiger charge is -2.32. The number of hydrogen-bond donors (Lipinski definition) is 0. The molecule has 1 unspecified atom stereocenters. The van der Waals surface area contributed by atoms with E-state index in [1.165, 1.54) is 0 Å². The molecule has 1 aromatic heterocycles. The average molecular weight is 357 g/mol. The number of ether oxygens (including phenoxy) is 1. The third-order valence-electron chi connectivity index (χ3n) is 5.38. The number of amides is 1. The molecular formula is C20H27N3O3. The van der Waals surface area contributed by atoms with Crippen molar-refractivity contribution >= 4 is 16.9 Å². The monoisotopic (exact) mass is 357 g/mol. The van der Waals surface area contributed by atoms with E-state index in [4.69, 9.17) is 9.15 Å². The molecule has 4 rings (SSSR count). The van der Waals surface area contributed by atoms with E-state index in [9.17, 15) is 4.79 Å². The van der Waals surface area contributed by atoms with Crippen LogP contribution in [0.25, 0.3) is 11.0 Å². The second-order valence-electron chi connectivity index (χ2n) is 7.49. The Kier molecular flexibility index (Phi) is 4.98. The molecule has 26 heavy (non-hydrogen) atoms. The fourth-order valence-electron chi connectivity index (χ4n) is 4.06. The SMILES string of the molecule is CN(C)Cc1c(C(=O)N2CCC(N3CCOCC3)C2)oc2ccccc12. The Bertz CT molecular complexity index is 780. The standard InChI is InChI=1S/C20H27N3O3/c1-21(2)14-17-16-5-3-4-6-18(16)26-19(17)20(24)23-8-7-15(13-23)22-9-11-25-12-10-22/h3-6,15H,7-14H2,1-2H3. The van der Waals surface area contributed by atoms with E-state index < -0.39 is 0 Å². The lowest BCUT2D eigenvalue weighted by molar-refractivity contribution is 0.0184. The Hall–Kier alpha value is -1.89. The van der Waals surface area contributed by atoms with E-state index >= 15 is 0 Å². The summed E-state index contributed by atoms with van der Waals surface area (Å²) in [7, 11) is 4.03. The molecule has 2 aliphatic rings. The summed E-state index contributed by atoms with van der Waals surface area (Å²) < 4.78 is 11.5.